The first-order valence-electron chi connectivity index (χ1n) is 13.4. The summed E-state index contributed by atoms with van der Waals surface area (Å²) in [6, 6.07) is 61.8. The molecule has 0 nitrogen and oxygen atoms in total. The van der Waals surface area contributed by atoms with Gasteiger partial charge >= 0.3 is 0 Å². The van der Waals surface area contributed by atoms with E-state index in [0.717, 1.165) is 4.47 Å². The van der Waals surface area contributed by atoms with Gasteiger partial charge in [0.1, 0.15) is 0 Å². The third-order valence-corrected chi connectivity index (χ3v) is 19.2. The highest BCUT2D eigenvalue weighted by molar-refractivity contribution is 9.10. The van der Waals surface area contributed by atoms with Crippen molar-refractivity contribution in [2.24, 2.45) is 0 Å². The summed E-state index contributed by atoms with van der Waals surface area (Å²) < 4.78 is 1.11. The third-order valence-electron chi connectivity index (χ3n) is 8.37. The van der Waals surface area contributed by atoms with Gasteiger partial charge in [0, 0.05) is 4.47 Å². The second-order valence-electron chi connectivity index (χ2n) is 10.2. The van der Waals surface area contributed by atoms with E-state index in [0.29, 0.717) is 0 Å². The van der Waals surface area contributed by atoms with E-state index in [1.165, 1.54) is 41.5 Å². The van der Waals surface area contributed by atoms with Crippen LogP contribution in [0.15, 0.2) is 168 Å². The van der Waals surface area contributed by atoms with E-state index in [2.05, 4.69) is 180 Å². The Kier molecular flexibility index (Phi) is 6.08. The Morgan fingerprint density at radius 1 is 0.282 bits per heavy atom. The number of hydrogen-bond acceptors (Lipinski definition) is 0. The molecule has 39 heavy (non-hydrogen) atoms. The van der Waals surface area contributed by atoms with E-state index in [9.17, 15) is 0 Å². The fraction of sp³-hybridized carbons (Fsp3) is 0. The van der Waals surface area contributed by atoms with Gasteiger partial charge in [0.2, 0.25) is 0 Å². The first-order valence-corrected chi connectivity index (χ1v) is 18.2. The molecule has 0 spiro atoms. The molecule has 0 amide bonds. The van der Waals surface area contributed by atoms with Crippen molar-refractivity contribution in [2.75, 3.05) is 0 Å². The molecule has 0 saturated carbocycles. The zero-order valence-electron chi connectivity index (χ0n) is 21.5. The van der Waals surface area contributed by atoms with Gasteiger partial charge in [-0.15, -0.1) is 0 Å². The van der Waals surface area contributed by atoms with Gasteiger partial charge < -0.3 is 0 Å². The third kappa shape index (κ3) is 3.54. The summed E-state index contributed by atoms with van der Waals surface area (Å²) in [5.41, 5.74) is 0. The normalized spacial score (nSPS) is 14.7. The van der Waals surface area contributed by atoms with Gasteiger partial charge in [-0.05, 0) is 53.6 Å². The van der Waals surface area contributed by atoms with Gasteiger partial charge in [-0.25, -0.2) is 0 Å². The van der Waals surface area contributed by atoms with Crippen LogP contribution < -0.4 is 41.5 Å². The molecule has 0 N–H and O–H groups in total. The van der Waals surface area contributed by atoms with Crippen molar-refractivity contribution >= 4 is 73.6 Å². The van der Waals surface area contributed by atoms with Crippen LogP contribution in [0.5, 0.6) is 0 Å². The molecule has 0 bridgehead atoms. The summed E-state index contributed by atoms with van der Waals surface area (Å²) in [7, 11) is -5.26. The predicted octanol–water partition coefficient (Wildman–Crippen LogP) is 3.52. The maximum atomic E-state index is 3.71. The molecule has 1 heterocycles. The molecule has 6 aromatic rings. The molecular weight excluding hydrogens is 568 g/mol. The molecular formula is C36H27BrSi2. The van der Waals surface area contributed by atoms with Crippen molar-refractivity contribution in [1.29, 1.82) is 0 Å². The topological polar surface area (TPSA) is 0 Å². The molecule has 186 valence electrons. The van der Waals surface area contributed by atoms with Crippen LogP contribution in [0.2, 0.25) is 0 Å². The molecule has 0 unspecified atom stereocenters. The monoisotopic (exact) mass is 594 g/mol. The first-order chi connectivity index (χ1) is 19.3. The molecule has 3 heteroatoms. The highest BCUT2D eigenvalue weighted by Gasteiger charge is 2.56. The standard InChI is InChI=1S/C36H27BrSi2/c37-28-24-26-32(27-25-28)39(31-18-8-3-9-19-31)35-22-12-10-20-33(35)38(29-14-4-1-5-15-29,30-16-6-2-7-17-30)34-21-11-13-23-36(34)39/h1-27H. The molecule has 0 radical (unpaired) electrons. The average molecular weight is 596 g/mol. The average Bonchev–Trinajstić information content (AvgIpc) is 3.02. The van der Waals surface area contributed by atoms with Crippen LogP contribution in [-0.4, -0.2) is 16.1 Å². The molecule has 0 atom stereocenters. The summed E-state index contributed by atoms with van der Waals surface area (Å²) in [6.07, 6.45) is 0. The Balaban J connectivity index is 1.72. The van der Waals surface area contributed by atoms with E-state index in [1.54, 1.807) is 0 Å². The fourth-order valence-corrected chi connectivity index (χ4v) is 19.2. The van der Waals surface area contributed by atoms with Gasteiger partial charge in [-0.1, -0.05) is 168 Å². The van der Waals surface area contributed by atoms with E-state index in [4.69, 9.17) is 0 Å². The molecule has 1 aliphatic heterocycles. The summed E-state index contributed by atoms with van der Waals surface area (Å²) in [5.74, 6) is 0. The van der Waals surface area contributed by atoms with Gasteiger partial charge in [-0.2, -0.15) is 0 Å². The second kappa shape index (κ2) is 9.76. The summed E-state index contributed by atoms with van der Waals surface area (Å²) in [5, 5.41) is 11.8. The van der Waals surface area contributed by atoms with E-state index < -0.39 is 16.1 Å². The minimum Gasteiger partial charge on any atom is -0.0624 e. The number of rotatable bonds is 4. The first kappa shape index (κ1) is 24.3. The summed E-state index contributed by atoms with van der Waals surface area (Å²) in [4.78, 5) is 0. The SMILES string of the molecule is Brc1ccc([Si]2(c3ccccc3)c3ccccc3[Si](c3ccccc3)(c3ccccc3)c3ccccc32)cc1. The van der Waals surface area contributed by atoms with Crippen molar-refractivity contribution in [3.8, 4) is 0 Å². The molecule has 0 saturated heterocycles. The Bertz CT molecular complexity index is 1660. The maximum absolute atomic E-state index is 3.71. The van der Waals surface area contributed by atoms with Crippen molar-refractivity contribution in [1.82, 2.24) is 0 Å². The predicted molar refractivity (Wildman–Crippen MR) is 175 cm³/mol. The highest BCUT2D eigenvalue weighted by Crippen LogP contribution is 2.19. The van der Waals surface area contributed by atoms with E-state index in [1.807, 2.05) is 0 Å². The number of halogens is 1. The molecule has 0 aliphatic carbocycles. The van der Waals surface area contributed by atoms with Crippen LogP contribution in [0, 0.1) is 0 Å². The zero-order chi connectivity index (χ0) is 26.3. The van der Waals surface area contributed by atoms with Crippen molar-refractivity contribution in [3.63, 3.8) is 0 Å². The Morgan fingerprint density at radius 2 is 0.538 bits per heavy atom. The second-order valence-corrected chi connectivity index (χ2v) is 18.6. The van der Waals surface area contributed by atoms with Crippen LogP contribution in [0.4, 0.5) is 0 Å². The minimum atomic E-state index is -2.64. The van der Waals surface area contributed by atoms with Crippen LogP contribution >= 0.6 is 15.9 Å². The largest absolute Gasteiger partial charge is 0.179 e. The fourth-order valence-electron chi connectivity index (χ4n) is 6.91. The zero-order valence-corrected chi connectivity index (χ0v) is 25.1. The van der Waals surface area contributed by atoms with Gasteiger partial charge in [-0.3, -0.25) is 0 Å². The lowest BCUT2D eigenvalue weighted by Gasteiger charge is -2.48. The summed E-state index contributed by atoms with van der Waals surface area (Å²) in [6.45, 7) is 0. The van der Waals surface area contributed by atoms with Crippen LogP contribution in [-0.2, 0) is 0 Å². The van der Waals surface area contributed by atoms with Crippen molar-refractivity contribution in [2.45, 2.75) is 0 Å². The van der Waals surface area contributed by atoms with E-state index in [-0.39, 0.29) is 0 Å². The van der Waals surface area contributed by atoms with Gasteiger partial charge in [0.05, 0.1) is 0 Å². The van der Waals surface area contributed by atoms with Gasteiger partial charge in [0.15, 0.2) is 16.1 Å². The summed E-state index contributed by atoms with van der Waals surface area (Å²) >= 11 is 3.71. The highest BCUT2D eigenvalue weighted by atomic mass is 79.9. The van der Waals surface area contributed by atoms with Crippen LogP contribution in [0.3, 0.4) is 0 Å². The Morgan fingerprint density at radius 3 is 0.846 bits per heavy atom. The molecule has 6 aromatic carbocycles. The minimum absolute atomic E-state index is 1.11. The molecule has 0 fully saturated rings. The quantitative estimate of drug-likeness (QED) is 0.274. The number of hydrogen-bond donors (Lipinski definition) is 0. The number of fused-ring (bicyclic) bond motifs is 2. The Labute approximate surface area is 240 Å². The number of benzene rings is 6. The lowest BCUT2D eigenvalue weighted by molar-refractivity contribution is 1.63. The lowest BCUT2D eigenvalue weighted by Crippen LogP contribution is -2.93. The van der Waals surface area contributed by atoms with Crippen LogP contribution in [0.25, 0.3) is 0 Å². The molecule has 7 rings (SSSR count). The van der Waals surface area contributed by atoms with E-state index >= 15 is 0 Å². The maximum Gasteiger partial charge on any atom is 0.179 e. The smallest absolute Gasteiger partial charge is 0.0624 e. The van der Waals surface area contributed by atoms with Crippen molar-refractivity contribution < 1.29 is 0 Å². The van der Waals surface area contributed by atoms with Crippen molar-refractivity contribution in [3.05, 3.63) is 168 Å². The van der Waals surface area contributed by atoms with Crippen LogP contribution in [0.1, 0.15) is 0 Å². The Hall–Kier alpha value is -3.77. The van der Waals surface area contributed by atoms with Gasteiger partial charge in [0.25, 0.3) is 0 Å². The molecule has 0 aromatic heterocycles. The molecule has 1 aliphatic rings. The lowest BCUT2D eigenvalue weighted by atomic mass is 10.3.